The Balaban J connectivity index is 1.13. The minimum atomic E-state index is -5.09. The molecule has 0 aliphatic carbocycles. The van der Waals surface area contributed by atoms with Gasteiger partial charge in [0.1, 0.15) is 41.9 Å². The van der Waals surface area contributed by atoms with Gasteiger partial charge in [-0.05, 0) is 0 Å². The van der Waals surface area contributed by atoms with Gasteiger partial charge in [0, 0.05) is 4.57 Å². The third-order valence-corrected chi connectivity index (χ3v) is 9.20. The Hall–Kier alpha value is -3.57. The maximum atomic E-state index is 13.3. The van der Waals surface area contributed by atoms with Crippen molar-refractivity contribution in [2.75, 3.05) is 31.3 Å². The van der Waals surface area contributed by atoms with Crippen molar-refractivity contribution in [1.82, 2.24) is 39.0 Å². The van der Waals surface area contributed by atoms with Crippen LogP contribution in [0.5, 0.6) is 0 Å². The second-order valence-corrected chi connectivity index (χ2v) is 12.6. The third kappa shape index (κ3) is 5.06. The number of ether oxygens (including phenoxy) is 3. The average molecular weight is 687 g/mol. The summed E-state index contributed by atoms with van der Waals surface area (Å²) in [6.45, 7) is -1.44. The predicted molar refractivity (Wildman–Crippen MR) is 147 cm³/mol. The van der Waals surface area contributed by atoms with Crippen LogP contribution in [0.25, 0.3) is 22.3 Å². The maximum absolute atomic E-state index is 13.3. The van der Waals surface area contributed by atoms with E-state index in [0.29, 0.717) is 0 Å². The van der Waals surface area contributed by atoms with Crippen molar-refractivity contribution in [1.29, 1.82) is 0 Å². The number of nitrogens with two attached hydrogens (primary N) is 2. The SMILES string of the molecule is Nc1nc2c(ncn2[C@@H]2O[C@@]3(CO)COC3[C@@H]2OP(=O)(O)OC[C@H]2O[C@@H](n3cnc4c(N)ncnc43)[C@@H](O)[C@H]2O[P+](=O)O)c(=O)[nH]1. The van der Waals surface area contributed by atoms with E-state index in [9.17, 15) is 33.9 Å². The van der Waals surface area contributed by atoms with Crippen LogP contribution in [0.2, 0.25) is 0 Å². The number of aliphatic hydroxyl groups is 2. The Morgan fingerprint density at radius 1 is 1.13 bits per heavy atom. The van der Waals surface area contributed by atoms with Crippen LogP contribution in [-0.2, 0) is 36.9 Å². The maximum Gasteiger partial charge on any atom is 0.695 e. The molecule has 246 valence electrons. The van der Waals surface area contributed by atoms with Crippen molar-refractivity contribution in [3.63, 3.8) is 0 Å². The number of aliphatic hydroxyl groups excluding tert-OH is 2. The Morgan fingerprint density at radius 3 is 2.57 bits per heavy atom. The van der Waals surface area contributed by atoms with Gasteiger partial charge in [-0.3, -0.25) is 28.0 Å². The zero-order valence-corrected chi connectivity index (χ0v) is 24.8. The Kier molecular flexibility index (Phi) is 7.62. The molecule has 4 aromatic rings. The lowest BCUT2D eigenvalue weighted by Crippen LogP contribution is -2.61. The van der Waals surface area contributed by atoms with Crippen LogP contribution >= 0.6 is 16.1 Å². The molecule has 0 bridgehead atoms. The van der Waals surface area contributed by atoms with Crippen LogP contribution in [0.4, 0.5) is 11.8 Å². The zero-order valence-electron chi connectivity index (χ0n) is 23.0. The van der Waals surface area contributed by atoms with Crippen molar-refractivity contribution in [2.24, 2.45) is 0 Å². The number of imidazole rings is 2. The first kappa shape index (κ1) is 31.1. The minimum absolute atomic E-state index is 0.0422. The number of phosphoric acid groups is 1. The standard InChI is InChI=1S/C21H24N10O13P2/c22-14-8-15(25-4-24-14)30(5-26-8)18-10(33)11(43-45(35)36)7(41-18)1-40-46(37,38)44-12-13-21(2-32,3-39-13)42-19(12)31-6-27-9-16(31)28-20(23)29-17(9)34/h4-7,10-13,18-19,32-33H,1-3H2,(H6-,22,23,24,25,28,29,34,35,36,37,38)/p+1/t7-,10+,11+,12+,13?,18-,19-,21+/m1/s1. The van der Waals surface area contributed by atoms with E-state index in [1.165, 1.54) is 21.8 Å². The molecule has 3 aliphatic heterocycles. The second-order valence-electron chi connectivity index (χ2n) is 10.5. The van der Waals surface area contributed by atoms with Gasteiger partial charge in [0.05, 0.1) is 32.5 Å². The van der Waals surface area contributed by atoms with Gasteiger partial charge >= 0.3 is 16.1 Å². The monoisotopic (exact) mass is 687 g/mol. The van der Waals surface area contributed by atoms with Gasteiger partial charge in [0.15, 0.2) is 41.2 Å². The molecule has 25 heteroatoms. The number of fused-ring (bicyclic) bond motifs is 3. The number of H-pyrrole nitrogens is 1. The number of phosphoric ester groups is 1. The van der Waals surface area contributed by atoms with Crippen molar-refractivity contribution >= 4 is 50.2 Å². The Morgan fingerprint density at radius 2 is 1.87 bits per heavy atom. The van der Waals surface area contributed by atoms with E-state index in [-0.39, 0.29) is 40.7 Å². The molecule has 46 heavy (non-hydrogen) atoms. The summed E-state index contributed by atoms with van der Waals surface area (Å²) in [4.78, 5) is 55.0. The highest BCUT2D eigenvalue weighted by molar-refractivity contribution is 7.47. The topological polar surface area (TPSA) is 330 Å². The van der Waals surface area contributed by atoms with Gasteiger partial charge in [0.2, 0.25) is 5.95 Å². The van der Waals surface area contributed by atoms with E-state index < -0.39 is 83.4 Å². The summed E-state index contributed by atoms with van der Waals surface area (Å²) < 4.78 is 60.5. The van der Waals surface area contributed by atoms with E-state index in [4.69, 9.17) is 39.2 Å². The summed E-state index contributed by atoms with van der Waals surface area (Å²) in [5.41, 5.74) is 9.72. The molecule has 7 rings (SSSR count). The number of nitrogens with zero attached hydrogens (tertiary/aromatic N) is 7. The number of rotatable bonds is 10. The highest BCUT2D eigenvalue weighted by Gasteiger charge is 2.65. The smallest absolute Gasteiger partial charge is 0.393 e. The van der Waals surface area contributed by atoms with E-state index in [1.54, 1.807) is 0 Å². The number of aromatic amines is 1. The van der Waals surface area contributed by atoms with E-state index in [2.05, 4.69) is 29.9 Å². The molecule has 23 nitrogen and oxygen atoms in total. The van der Waals surface area contributed by atoms with E-state index >= 15 is 0 Å². The van der Waals surface area contributed by atoms with Crippen molar-refractivity contribution in [3.05, 3.63) is 29.3 Å². The highest BCUT2D eigenvalue weighted by atomic mass is 31.2. The summed E-state index contributed by atoms with van der Waals surface area (Å²) >= 11 is 0. The summed E-state index contributed by atoms with van der Waals surface area (Å²) in [7, 11) is -8.36. The molecular formula is C21H25N10O13P2+. The molecule has 7 heterocycles. The van der Waals surface area contributed by atoms with Crippen LogP contribution in [-0.4, -0.2) is 115 Å². The summed E-state index contributed by atoms with van der Waals surface area (Å²) in [5, 5.41) is 21.1. The fourth-order valence-electron chi connectivity index (χ4n) is 5.67. The van der Waals surface area contributed by atoms with Gasteiger partial charge in [-0.1, -0.05) is 0 Å². The molecule has 4 aromatic heterocycles. The lowest BCUT2D eigenvalue weighted by atomic mass is 9.91. The van der Waals surface area contributed by atoms with Crippen molar-refractivity contribution in [3.8, 4) is 0 Å². The molecular weight excluding hydrogens is 662 g/mol. The molecule has 3 saturated heterocycles. The van der Waals surface area contributed by atoms with Gasteiger partial charge < -0.3 is 40.8 Å². The quantitative estimate of drug-likeness (QED) is 0.0852. The number of nitrogens with one attached hydrogen (secondary N) is 1. The number of hydrogen-bond acceptors (Lipinski definition) is 18. The molecule has 0 amide bonds. The molecule has 0 aromatic carbocycles. The highest BCUT2D eigenvalue weighted by Crippen LogP contribution is 2.55. The van der Waals surface area contributed by atoms with Gasteiger partial charge in [-0.25, -0.2) is 24.5 Å². The zero-order chi connectivity index (χ0) is 32.5. The molecule has 3 fully saturated rings. The fourth-order valence-corrected chi connectivity index (χ4v) is 7.06. The number of nitrogen functional groups attached to an aromatic ring is 2. The van der Waals surface area contributed by atoms with Crippen LogP contribution in [0, 0.1) is 0 Å². The Labute approximate surface area is 255 Å². The van der Waals surface area contributed by atoms with Crippen LogP contribution in [0.3, 0.4) is 0 Å². The summed E-state index contributed by atoms with van der Waals surface area (Å²) in [6, 6.07) is 0. The minimum Gasteiger partial charge on any atom is -0.393 e. The molecule has 9 N–H and O–H groups in total. The van der Waals surface area contributed by atoms with Gasteiger partial charge in [-0.15, -0.1) is 9.42 Å². The van der Waals surface area contributed by atoms with Crippen LogP contribution in [0.15, 0.2) is 23.8 Å². The summed E-state index contributed by atoms with van der Waals surface area (Å²) in [6.07, 6.45) is -6.12. The third-order valence-electron chi connectivity index (χ3n) is 7.79. The number of anilines is 2. The molecule has 0 saturated carbocycles. The van der Waals surface area contributed by atoms with Crippen molar-refractivity contribution in [2.45, 2.75) is 48.6 Å². The first-order valence-electron chi connectivity index (χ1n) is 13.3. The normalized spacial score (nSPS) is 32.4. The average Bonchev–Trinajstić information content (AvgIpc) is 3.72. The van der Waals surface area contributed by atoms with Gasteiger partial charge in [-0.2, -0.15) is 4.98 Å². The van der Waals surface area contributed by atoms with Crippen molar-refractivity contribution < 1.29 is 56.9 Å². The molecule has 10 atom stereocenters. The van der Waals surface area contributed by atoms with E-state index in [1.807, 2.05) is 0 Å². The molecule has 3 unspecified atom stereocenters. The number of hydrogen-bond donors (Lipinski definition) is 7. The summed E-state index contributed by atoms with van der Waals surface area (Å²) in [5.74, 6) is -0.189. The van der Waals surface area contributed by atoms with Crippen LogP contribution < -0.4 is 17.0 Å². The lowest BCUT2D eigenvalue weighted by molar-refractivity contribution is -0.245. The van der Waals surface area contributed by atoms with Crippen LogP contribution in [0.1, 0.15) is 12.5 Å². The first-order chi connectivity index (χ1) is 21.9. The number of aromatic nitrogens is 8. The van der Waals surface area contributed by atoms with E-state index in [0.717, 1.165) is 6.33 Å². The largest absolute Gasteiger partial charge is 0.695 e. The lowest BCUT2D eigenvalue weighted by Gasteiger charge is -2.42. The molecule has 0 radical (unpaired) electrons. The molecule has 3 aliphatic rings. The molecule has 0 spiro atoms. The fraction of sp³-hybridized carbons (Fsp3) is 0.524. The van der Waals surface area contributed by atoms with Gasteiger partial charge in [0.25, 0.3) is 5.56 Å². The second kappa shape index (κ2) is 11.3. The Bertz CT molecular complexity index is 1940. The predicted octanol–water partition coefficient (Wildman–Crippen LogP) is -2.42. The first-order valence-corrected chi connectivity index (χ1v) is 15.9.